The molecule has 0 saturated heterocycles. The highest BCUT2D eigenvalue weighted by Crippen LogP contribution is 2.31. The Morgan fingerprint density at radius 1 is 0.808 bits per heavy atom. The fourth-order valence-corrected chi connectivity index (χ4v) is 2.66. The van der Waals surface area contributed by atoms with E-state index in [0.717, 1.165) is 16.8 Å². The lowest BCUT2D eigenvalue weighted by Crippen LogP contribution is -1.99. The van der Waals surface area contributed by atoms with Crippen LogP contribution in [0.15, 0.2) is 77.3 Å². The van der Waals surface area contributed by atoms with Gasteiger partial charge in [-0.25, -0.2) is 4.98 Å². The summed E-state index contributed by atoms with van der Waals surface area (Å²) >= 11 is 0. The van der Waals surface area contributed by atoms with Crippen molar-refractivity contribution >= 4 is 0 Å². The number of hydrogen-bond acceptors (Lipinski definition) is 5. The van der Waals surface area contributed by atoms with Gasteiger partial charge in [-0.3, -0.25) is 0 Å². The lowest BCUT2D eigenvalue weighted by Gasteiger charge is -2.09. The average molecular weight is 343 g/mol. The number of hydrogen-bond donors (Lipinski definition) is 0. The zero-order valence-corrected chi connectivity index (χ0v) is 14.3. The summed E-state index contributed by atoms with van der Waals surface area (Å²) in [5.74, 6) is 1.42. The smallest absolute Gasteiger partial charge is 0.258 e. The van der Waals surface area contributed by atoms with Crippen molar-refractivity contribution in [3.05, 3.63) is 72.8 Å². The van der Waals surface area contributed by atoms with E-state index in [2.05, 4.69) is 15.1 Å². The molecule has 0 aliphatic heterocycles. The minimum absolute atomic E-state index is 0.458. The second-order valence-corrected chi connectivity index (χ2v) is 5.64. The van der Waals surface area contributed by atoms with Gasteiger partial charge in [0.15, 0.2) is 0 Å². The molecule has 5 heteroatoms. The molecule has 0 aliphatic rings. The third kappa shape index (κ3) is 3.19. The molecule has 0 bridgehead atoms. The summed E-state index contributed by atoms with van der Waals surface area (Å²) in [4.78, 5) is 9.15. The van der Waals surface area contributed by atoms with Gasteiger partial charge in [-0.2, -0.15) is 4.98 Å². The molecule has 4 rings (SSSR count). The van der Waals surface area contributed by atoms with Crippen LogP contribution in [0.1, 0.15) is 6.92 Å². The lowest BCUT2D eigenvalue weighted by atomic mass is 10.1. The van der Waals surface area contributed by atoms with E-state index in [9.17, 15) is 0 Å². The van der Waals surface area contributed by atoms with Gasteiger partial charge in [0.2, 0.25) is 11.7 Å². The van der Waals surface area contributed by atoms with Gasteiger partial charge < -0.3 is 9.26 Å². The molecule has 2 aromatic carbocycles. The molecule has 0 N–H and O–H groups in total. The number of rotatable bonds is 5. The van der Waals surface area contributed by atoms with Crippen molar-refractivity contribution < 1.29 is 9.26 Å². The lowest BCUT2D eigenvalue weighted by molar-refractivity contribution is 0.328. The van der Waals surface area contributed by atoms with Crippen molar-refractivity contribution in [1.82, 2.24) is 15.1 Å². The molecule has 0 atom stereocenters. The summed E-state index contributed by atoms with van der Waals surface area (Å²) in [5, 5.41) is 4.10. The highest BCUT2D eigenvalue weighted by atomic mass is 16.5. The molecular formula is C21H17N3O2. The fraction of sp³-hybridized carbons (Fsp3) is 0.0952. The molecule has 0 aliphatic carbocycles. The normalized spacial score (nSPS) is 10.7. The summed E-state index contributed by atoms with van der Waals surface area (Å²) < 4.78 is 11.1. The molecule has 0 spiro atoms. The van der Waals surface area contributed by atoms with Crippen LogP contribution in [-0.2, 0) is 0 Å². The van der Waals surface area contributed by atoms with Gasteiger partial charge in [0, 0.05) is 11.1 Å². The molecule has 0 fully saturated rings. The van der Waals surface area contributed by atoms with Crippen LogP contribution >= 0.6 is 0 Å². The molecule has 128 valence electrons. The Balaban J connectivity index is 1.73. The zero-order chi connectivity index (χ0) is 17.8. The molecule has 26 heavy (non-hydrogen) atoms. The summed E-state index contributed by atoms with van der Waals surface area (Å²) in [6, 6.07) is 23.5. The Kier molecular flexibility index (Phi) is 4.43. The first-order valence-electron chi connectivity index (χ1n) is 8.44. The third-order valence-electron chi connectivity index (χ3n) is 3.90. The van der Waals surface area contributed by atoms with E-state index in [1.807, 2.05) is 79.7 Å². The molecule has 0 saturated carbocycles. The molecular weight excluding hydrogens is 326 g/mol. The van der Waals surface area contributed by atoms with Crippen molar-refractivity contribution in [2.45, 2.75) is 6.92 Å². The third-order valence-corrected chi connectivity index (χ3v) is 3.90. The second kappa shape index (κ2) is 7.19. The first-order chi connectivity index (χ1) is 12.8. The van der Waals surface area contributed by atoms with Crippen molar-refractivity contribution in [2.75, 3.05) is 6.61 Å². The topological polar surface area (TPSA) is 61.0 Å². The standard InChI is InChI=1S/C21H17N3O2/c1-2-25-21-17(13-14-18(22-21)15-9-5-3-6-10-15)19-23-20(26-24-19)16-11-7-4-8-12-16/h3-14H,2H2,1H3. The summed E-state index contributed by atoms with van der Waals surface area (Å²) in [5.41, 5.74) is 3.44. The van der Waals surface area contributed by atoms with Crippen molar-refractivity contribution in [2.24, 2.45) is 0 Å². The first kappa shape index (κ1) is 16.0. The van der Waals surface area contributed by atoms with Crippen molar-refractivity contribution in [3.63, 3.8) is 0 Å². The van der Waals surface area contributed by atoms with Crippen LogP contribution < -0.4 is 4.74 Å². The summed E-state index contributed by atoms with van der Waals surface area (Å²) in [7, 11) is 0. The van der Waals surface area contributed by atoms with Crippen LogP contribution in [0.5, 0.6) is 5.88 Å². The highest BCUT2D eigenvalue weighted by Gasteiger charge is 2.17. The van der Waals surface area contributed by atoms with Gasteiger partial charge in [-0.15, -0.1) is 0 Å². The van der Waals surface area contributed by atoms with E-state index in [1.54, 1.807) is 0 Å². The Bertz CT molecular complexity index is 998. The number of aromatic nitrogens is 3. The molecule has 0 amide bonds. The van der Waals surface area contributed by atoms with Crippen LogP contribution in [0.25, 0.3) is 34.1 Å². The van der Waals surface area contributed by atoms with E-state index >= 15 is 0 Å². The maximum atomic E-state index is 5.74. The number of benzene rings is 2. The van der Waals surface area contributed by atoms with Gasteiger partial charge in [0.05, 0.1) is 17.9 Å². The Labute approximate surface area is 151 Å². The molecule has 0 radical (unpaired) electrons. The summed E-state index contributed by atoms with van der Waals surface area (Å²) in [6.45, 7) is 2.42. The van der Waals surface area contributed by atoms with E-state index in [4.69, 9.17) is 9.26 Å². The van der Waals surface area contributed by atoms with Crippen LogP contribution in [0.3, 0.4) is 0 Å². The average Bonchev–Trinajstić information content (AvgIpc) is 3.20. The summed E-state index contributed by atoms with van der Waals surface area (Å²) in [6.07, 6.45) is 0. The van der Waals surface area contributed by atoms with Gasteiger partial charge in [-0.05, 0) is 31.2 Å². The van der Waals surface area contributed by atoms with Crippen LogP contribution in [-0.4, -0.2) is 21.7 Å². The van der Waals surface area contributed by atoms with E-state index in [1.165, 1.54) is 0 Å². The number of ether oxygens (including phenoxy) is 1. The van der Waals surface area contributed by atoms with Crippen molar-refractivity contribution in [3.8, 4) is 40.0 Å². The maximum absolute atomic E-state index is 5.74. The fourth-order valence-electron chi connectivity index (χ4n) is 2.66. The molecule has 0 unspecified atom stereocenters. The Morgan fingerprint density at radius 2 is 1.50 bits per heavy atom. The van der Waals surface area contributed by atoms with Gasteiger partial charge in [0.25, 0.3) is 5.89 Å². The monoisotopic (exact) mass is 343 g/mol. The first-order valence-corrected chi connectivity index (χ1v) is 8.44. The Hall–Kier alpha value is -3.47. The number of nitrogens with zero attached hydrogens (tertiary/aromatic N) is 3. The zero-order valence-electron chi connectivity index (χ0n) is 14.3. The van der Waals surface area contributed by atoms with Gasteiger partial charge >= 0.3 is 0 Å². The van der Waals surface area contributed by atoms with Gasteiger partial charge in [-0.1, -0.05) is 53.7 Å². The minimum Gasteiger partial charge on any atom is -0.477 e. The van der Waals surface area contributed by atoms with Crippen LogP contribution in [0, 0.1) is 0 Å². The molecule has 2 aromatic heterocycles. The maximum Gasteiger partial charge on any atom is 0.258 e. The minimum atomic E-state index is 0.458. The second-order valence-electron chi connectivity index (χ2n) is 5.64. The van der Waals surface area contributed by atoms with Crippen LogP contribution in [0.4, 0.5) is 0 Å². The highest BCUT2D eigenvalue weighted by molar-refractivity contribution is 5.69. The quantitative estimate of drug-likeness (QED) is 0.517. The largest absolute Gasteiger partial charge is 0.477 e. The Morgan fingerprint density at radius 3 is 2.19 bits per heavy atom. The van der Waals surface area contributed by atoms with E-state index in [0.29, 0.717) is 29.8 Å². The molecule has 2 heterocycles. The van der Waals surface area contributed by atoms with E-state index in [-0.39, 0.29) is 0 Å². The van der Waals surface area contributed by atoms with Crippen LogP contribution in [0.2, 0.25) is 0 Å². The predicted molar refractivity (Wildman–Crippen MR) is 99.6 cm³/mol. The number of pyridine rings is 1. The predicted octanol–water partition coefficient (Wildman–Crippen LogP) is 4.86. The van der Waals surface area contributed by atoms with E-state index < -0.39 is 0 Å². The van der Waals surface area contributed by atoms with Gasteiger partial charge in [0.1, 0.15) is 0 Å². The molecule has 4 aromatic rings. The SMILES string of the molecule is CCOc1nc(-c2ccccc2)ccc1-c1noc(-c2ccccc2)n1. The van der Waals surface area contributed by atoms with Crippen molar-refractivity contribution in [1.29, 1.82) is 0 Å². The molecule has 5 nitrogen and oxygen atoms in total.